The van der Waals surface area contributed by atoms with Gasteiger partial charge in [0.05, 0.1) is 12.2 Å². The molecule has 0 fully saturated rings. The van der Waals surface area contributed by atoms with Crippen molar-refractivity contribution in [2.24, 2.45) is 0 Å². The van der Waals surface area contributed by atoms with E-state index in [-0.39, 0.29) is 12.5 Å². The summed E-state index contributed by atoms with van der Waals surface area (Å²) in [5, 5.41) is 12.4. The SMILES string of the molecule is C=CCN(CCO)C(=O)c1ccsc1. The third kappa shape index (κ3) is 2.68. The van der Waals surface area contributed by atoms with Crippen LogP contribution in [0, 0.1) is 0 Å². The van der Waals surface area contributed by atoms with Crippen LogP contribution < -0.4 is 0 Å². The summed E-state index contributed by atoms with van der Waals surface area (Å²) in [5.74, 6) is -0.0554. The second-order valence-corrected chi connectivity index (χ2v) is 3.56. The van der Waals surface area contributed by atoms with Crippen LogP contribution in [0.3, 0.4) is 0 Å². The van der Waals surface area contributed by atoms with Gasteiger partial charge in [0.25, 0.3) is 5.91 Å². The Hall–Kier alpha value is -1.13. The Kier molecular flexibility index (Phi) is 4.35. The van der Waals surface area contributed by atoms with Crippen molar-refractivity contribution < 1.29 is 9.90 Å². The van der Waals surface area contributed by atoms with E-state index in [9.17, 15) is 4.79 Å². The molecule has 1 aromatic rings. The maximum absolute atomic E-state index is 11.8. The fraction of sp³-hybridized carbons (Fsp3) is 0.300. The fourth-order valence-electron chi connectivity index (χ4n) is 1.12. The lowest BCUT2D eigenvalue weighted by Gasteiger charge is -2.18. The van der Waals surface area contributed by atoms with Crippen molar-refractivity contribution in [2.75, 3.05) is 19.7 Å². The number of hydrogen-bond donors (Lipinski definition) is 1. The summed E-state index contributed by atoms with van der Waals surface area (Å²) in [5.41, 5.74) is 0.672. The van der Waals surface area contributed by atoms with E-state index >= 15 is 0 Å². The van der Waals surface area contributed by atoms with E-state index in [1.165, 1.54) is 11.3 Å². The number of carbonyl (C=O) groups excluding carboxylic acids is 1. The first-order valence-corrected chi connectivity index (χ1v) is 5.27. The molecule has 0 radical (unpaired) electrons. The first-order valence-electron chi connectivity index (χ1n) is 4.32. The van der Waals surface area contributed by atoms with Crippen LogP contribution in [0.4, 0.5) is 0 Å². The average Bonchev–Trinajstić information content (AvgIpc) is 2.69. The Bertz CT molecular complexity index is 295. The molecule has 0 bridgehead atoms. The number of hydrogen-bond acceptors (Lipinski definition) is 3. The van der Waals surface area contributed by atoms with Gasteiger partial charge in [-0.25, -0.2) is 0 Å². The summed E-state index contributed by atoms with van der Waals surface area (Å²) in [4.78, 5) is 13.3. The topological polar surface area (TPSA) is 40.5 Å². The van der Waals surface area contributed by atoms with Crippen LogP contribution in [-0.4, -0.2) is 35.6 Å². The van der Waals surface area contributed by atoms with Crippen molar-refractivity contribution in [1.82, 2.24) is 4.90 Å². The Morgan fingerprint density at radius 3 is 3.00 bits per heavy atom. The normalized spacial score (nSPS) is 9.79. The van der Waals surface area contributed by atoms with E-state index in [0.717, 1.165) is 0 Å². The Morgan fingerprint density at radius 1 is 1.71 bits per heavy atom. The number of nitrogens with zero attached hydrogens (tertiary/aromatic N) is 1. The summed E-state index contributed by atoms with van der Waals surface area (Å²) in [6.45, 7) is 4.36. The summed E-state index contributed by atoms with van der Waals surface area (Å²) >= 11 is 1.49. The second-order valence-electron chi connectivity index (χ2n) is 2.78. The zero-order valence-electron chi connectivity index (χ0n) is 7.85. The molecule has 0 saturated carbocycles. The number of aliphatic hydroxyl groups excluding tert-OH is 1. The van der Waals surface area contributed by atoms with Crippen molar-refractivity contribution in [2.45, 2.75) is 0 Å². The predicted molar refractivity (Wildman–Crippen MR) is 57.5 cm³/mol. The van der Waals surface area contributed by atoms with Crippen molar-refractivity contribution >= 4 is 17.2 Å². The number of thiophene rings is 1. The second kappa shape index (κ2) is 5.57. The third-order valence-electron chi connectivity index (χ3n) is 1.77. The molecule has 0 aliphatic heterocycles. The van der Waals surface area contributed by atoms with Crippen molar-refractivity contribution in [3.05, 3.63) is 35.0 Å². The van der Waals surface area contributed by atoms with Gasteiger partial charge in [0.1, 0.15) is 0 Å². The van der Waals surface area contributed by atoms with E-state index in [4.69, 9.17) is 5.11 Å². The number of rotatable bonds is 5. The molecule has 1 N–H and O–H groups in total. The summed E-state index contributed by atoms with van der Waals surface area (Å²) in [6.07, 6.45) is 1.65. The van der Waals surface area contributed by atoms with Gasteiger partial charge in [-0.3, -0.25) is 4.79 Å². The number of aliphatic hydroxyl groups is 1. The highest BCUT2D eigenvalue weighted by Gasteiger charge is 2.13. The Labute approximate surface area is 87.3 Å². The van der Waals surface area contributed by atoms with Gasteiger partial charge in [0.15, 0.2) is 0 Å². The monoisotopic (exact) mass is 211 g/mol. The van der Waals surface area contributed by atoms with E-state index < -0.39 is 0 Å². The molecular weight excluding hydrogens is 198 g/mol. The molecule has 0 saturated heterocycles. The molecule has 0 aliphatic carbocycles. The van der Waals surface area contributed by atoms with Crippen LogP contribution in [0.5, 0.6) is 0 Å². The van der Waals surface area contributed by atoms with Gasteiger partial charge in [-0.1, -0.05) is 6.08 Å². The quantitative estimate of drug-likeness (QED) is 0.747. The molecule has 0 atom stereocenters. The predicted octanol–water partition coefficient (Wildman–Crippen LogP) is 1.37. The van der Waals surface area contributed by atoms with Crippen LogP contribution in [0.2, 0.25) is 0 Å². The van der Waals surface area contributed by atoms with Crippen LogP contribution >= 0.6 is 11.3 Å². The molecule has 0 aliphatic rings. The molecule has 1 aromatic heterocycles. The fourth-order valence-corrected chi connectivity index (χ4v) is 1.75. The smallest absolute Gasteiger partial charge is 0.255 e. The summed E-state index contributed by atoms with van der Waals surface area (Å²) in [7, 11) is 0. The maximum atomic E-state index is 11.8. The Morgan fingerprint density at radius 2 is 2.50 bits per heavy atom. The molecule has 0 unspecified atom stereocenters. The maximum Gasteiger partial charge on any atom is 0.255 e. The molecule has 1 rings (SSSR count). The van der Waals surface area contributed by atoms with E-state index in [2.05, 4.69) is 6.58 Å². The zero-order valence-corrected chi connectivity index (χ0v) is 8.67. The van der Waals surface area contributed by atoms with Crippen molar-refractivity contribution in [3.63, 3.8) is 0 Å². The molecule has 14 heavy (non-hydrogen) atoms. The highest BCUT2D eigenvalue weighted by atomic mass is 32.1. The zero-order chi connectivity index (χ0) is 10.4. The standard InChI is InChI=1S/C10H13NO2S/c1-2-4-11(5-6-12)10(13)9-3-7-14-8-9/h2-3,7-8,12H,1,4-6H2. The third-order valence-corrected chi connectivity index (χ3v) is 2.46. The van der Waals surface area contributed by atoms with Gasteiger partial charge >= 0.3 is 0 Å². The number of amides is 1. The highest BCUT2D eigenvalue weighted by molar-refractivity contribution is 7.08. The lowest BCUT2D eigenvalue weighted by molar-refractivity contribution is 0.0743. The Balaban J connectivity index is 2.68. The first-order chi connectivity index (χ1) is 6.79. The van der Waals surface area contributed by atoms with Gasteiger partial charge in [-0.15, -0.1) is 6.58 Å². The lowest BCUT2D eigenvalue weighted by Crippen LogP contribution is -2.33. The van der Waals surface area contributed by atoms with Crippen LogP contribution in [0.25, 0.3) is 0 Å². The lowest BCUT2D eigenvalue weighted by atomic mass is 10.3. The minimum absolute atomic E-state index is 0.0241. The highest BCUT2D eigenvalue weighted by Crippen LogP contribution is 2.09. The largest absolute Gasteiger partial charge is 0.395 e. The van der Waals surface area contributed by atoms with E-state index in [1.54, 1.807) is 22.4 Å². The van der Waals surface area contributed by atoms with Gasteiger partial charge in [-0.2, -0.15) is 11.3 Å². The van der Waals surface area contributed by atoms with Gasteiger partial charge in [0, 0.05) is 18.5 Å². The first kappa shape index (κ1) is 10.9. The van der Waals surface area contributed by atoms with Crippen LogP contribution in [0.1, 0.15) is 10.4 Å². The van der Waals surface area contributed by atoms with Crippen molar-refractivity contribution in [3.8, 4) is 0 Å². The molecule has 76 valence electrons. The van der Waals surface area contributed by atoms with E-state index in [1.807, 2.05) is 5.38 Å². The summed E-state index contributed by atoms with van der Waals surface area (Å²) < 4.78 is 0. The molecule has 4 heteroatoms. The van der Waals surface area contributed by atoms with Crippen LogP contribution in [-0.2, 0) is 0 Å². The minimum atomic E-state index is -0.0554. The molecule has 3 nitrogen and oxygen atoms in total. The molecule has 0 aromatic carbocycles. The van der Waals surface area contributed by atoms with Crippen molar-refractivity contribution in [1.29, 1.82) is 0 Å². The van der Waals surface area contributed by atoms with Crippen LogP contribution in [0.15, 0.2) is 29.5 Å². The summed E-state index contributed by atoms with van der Waals surface area (Å²) in [6, 6.07) is 1.78. The molecule has 1 amide bonds. The number of carbonyl (C=O) groups is 1. The van der Waals surface area contributed by atoms with Gasteiger partial charge < -0.3 is 10.0 Å². The molecular formula is C10H13NO2S. The van der Waals surface area contributed by atoms with E-state index in [0.29, 0.717) is 18.7 Å². The molecule has 0 spiro atoms. The minimum Gasteiger partial charge on any atom is -0.395 e. The average molecular weight is 211 g/mol. The molecule has 1 heterocycles. The van der Waals surface area contributed by atoms with Gasteiger partial charge in [-0.05, 0) is 11.4 Å². The van der Waals surface area contributed by atoms with Gasteiger partial charge in [0.2, 0.25) is 0 Å².